The number of fused-ring (bicyclic) bond motifs is 1. The summed E-state index contributed by atoms with van der Waals surface area (Å²) < 4.78 is 0. The minimum Gasteiger partial charge on any atom is -0.481 e. The van der Waals surface area contributed by atoms with E-state index in [0.29, 0.717) is 12.3 Å². The van der Waals surface area contributed by atoms with Crippen LogP contribution in [0.4, 0.5) is 0 Å². The Balaban J connectivity index is 2.41. The predicted octanol–water partition coefficient (Wildman–Crippen LogP) is 3.52. The summed E-state index contributed by atoms with van der Waals surface area (Å²) in [7, 11) is 0. The molecule has 0 aromatic heterocycles. The highest BCUT2D eigenvalue weighted by Gasteiger charge is 2.56. The normalized spacial score (nSPS) is 39.5. The summed E-state index contributed by atoms with van der Waals surface area (Å²) in [6.07, 6.45) is 4.79. The summed E-state index contributed by atoms with van der Waals surface area (Å²) in [6, 6.07) is 0. The van der Waals surface area contributed by atoms with Crippen molar-refractivity contribution in [1.29, 1.82) is 0 Å². The maximum atomic E-state index is 12.3. The van der Waals surface area contributed by atoms with Gasteiger partial charge in [0.05, 0.1) is 5.92 Å². The first-order valence-electron chi connectivity index (χ1n) is 7.45. The number of hydrogen-bond acceptors (Lipinski definition) is 2. The van der Waals surface area contributed by atoms with Gasteiger partial charge in [0.1, 0.15) is 5.78 Å². The molecule has 19 heavy (non-hydrogen) atoms. The highest BCUT2D eigenvalue weighted by Crippen LogP contribution is 2.60. The molecule has 4 unspecified atom stereocenters. The molecular weight excluding hydrogens is 240 g/mol. The molecule has 2 aliphatic rings. The Labute approximate surface area is 115 Å². The van der Waals surface area contributed by atoms with Gasteiger partial charge in [0, 0.05) is 12.3 Å². The van der Waals surface area contributed by atoms with Crippen LogP contribution in [0.3, 0.4) is 0 Å². The van der Waals surface area contributed by atoms with E-state index in [0.717, 1.165) is 19.3 Å². The van der Waals surface area contributed by atoms with Crippen LogP contribution in [0.5, 0.6) is 0 Å². The Morgan fingerprint density at radius 2 is 1.95 bits per heavy atom. The second-order valence-electron chi connectivity index (χ2n) is 7.51. The molecule has 0 radical (unpaired) electrons. The molecule has 108 valence electrons. The minimum atomic E-state index is -0.830. The Morgan fingerprint density at radius 1 is 1.32 bits per heavy atom. The summed E-state index contributed by atoms with van der Waals surface area (Å²) in [5.41, 5.74) is 0.0963. The van der Waals surface area contributed by atoms with E-state index in [9.17, 15) is 14.7 Å². The minimum absolute atomic E-state index is 0.130. The fourth-order valence-electron chi connectivity index (χ4n) is 5.06. The molecular formula is C16H26O3. The van der Waals surface area contributed by atoms with Gasteiger partial charge in [-0.2, -0.15) is 0 Å². The van der Waals surface area contributed by atoms with Gasteiger partial charge in [0.15, 0.2) is 0 Å². The molecule has 2 saturated carbocycles. The first-order valence-corrected chi connectivity index (χ1v) is 7.45. The van der Waals surface area contributed by atoms with Crippen LogP contribution in [0, 0.1) is 28.6 Å². The molecule has 0 aromatic carbocycles. The van der Waals surface area contributed by atoms with Gasteiger partial charge in [-0.1, -0.05) is 34.1 Å². The Bertz CT molecular complexity index is 399. The average Bonchev–Trinajstić information content (AvgIpc) is 2.26. The number of rotatable bonds is 2. The van der Waals surface area contributed by atoms with Gasteiger partial charge in [0.2, 0.25) is 0 Å². The van der Waals surface area contributed by atoms with E-state index < -0.39 is 11.9 Å². The lowest BCUT2D eigenvalue weighted by atomic mass is 9.46. The largest absolute Gasteiger partial charge is 0.481 e. The van der Waals surface area contributed by atoms with Gasteiger partial charge in [0.25, 0.3) is 0 Å². The maximum absolute atomic E-state index is 12.3. The number of carbonyl (C=O) groups excluding carboxylic acids is 1. The van der Waals surface area contributed by atoms with Crippen LogP contribution in [-0.4, -0.2) is 16.9 Å². The standard InChI is InChI=1S/C16H26O3/c1-10(14(18)19)13-11(17)6-7-12-15(2,3)8-5-9-16(12,13)4/h10,12-13H,5-9H2,1-4H3,(H,18,19). The highest BCUT2D eigenvalue weighted by molar-refractivity contribution is 5.87. The van der Waals surface area contributed by atoms with Gasteiger partial charge in [-0.05, 0) is 36.0 Å². The number of hydrogen-bond donors (Lipinski definition) is 1. The van der Waals surface area contributed by atoms with Gasteiger partial charge in [-0.3, -0.25) is 9.59 Å². The van der Waals surface area contributed by atoms with E-state index in [1.807, 2.05) is 0 Å². The highest BCUT2D eigenvalue weighted by atomic mass is 16.4. The predicted molar refractivity (Wildman–Crippen MR) is 73.8 cm³/mol. The zero-order chi connectivity index (χ0) is 14.4. The SMILES string of the molecule is CC(C(=O)O)C1C(=O)CCC2C(C)(C)CCCC12C. The zero-order valence-corrected chi connectivity index (χ0v) is 12.5. The first-order chi connectivity index (χ1) is 8.70. The lowest BCUT2D eigenvalue weighted by Crippen LogP contribution is -2.54. The summed E-state index contributed by atoms with van der Waals surface area (Å²) in [5.74, 6) is -1.05. The van der Waals surface area contributed by atoms with E-state index in [2.05, 4.69) is 20.8 Å². The van der Waals surface area contributed by atoms with Gasteiger partial charge < -0.3 is 5.11 Å². The molecule has 0 aliphatic heterocycles. The monoisotopic (exact) mass is 266 g/mol. The van der Waals surface area contributed by atoms with Crippen LogP contribution in [0.25, 0.3) is 0 Å². The van der Waals surface area contributed by atoms with E-state index in [1.54, 1.807) is 6.92 Å². The van der Waals surface area contributed by atoms with Crippen LogP contribution in [0.15, 0.2) is 0 Å². The summed E-state index contributed by atoms with van der Waals surface area (Å²) in [6.45, 7) is 8.45. The van der Waals surface area contributed by atoms with E-state index in [1.165, 1.54) is 6.42 Å². The topological polar surface area (TPSA) is 54.4 Å². The van der Waals surface area contributed by atoms with Crippen molar-refractivity contribution in [1.82, 2.24) is 0 Å². The van der Waals surface area contributed by atoms with Crippen LogP contribution in [0.2, 0.25) is 0 Å². The van der Waals surface area contributed by atoms with Crippen molar-refractivity contribution in [2.75, 3.05) is 0 Å². The first kappa shape index (κ1) is 14.5. The van der Waals surface area contributed by atoms with E-state index >= 15 is 0 Å². The van der Waals surface area contributed by atoms with Crippen molar-refractivity contribution in [2.45, 2.75) is 59.8 Å². The summed E-state index contributed by atoms with van der Waals surface area (Å²) in [4.78, 5) is 23.7. The number of Topliss-reactive ketones (excluding diaryl/α,β-unsaturated/α-hetero) is 1. The molecule has 0 bridgehead atoms. The molecule has 0 amide bonds. The molecule has 2 fully saturated rings. The number of carbonyl (C=O) groups is 2. The van der Waals surface area contributed by atoms with Crippen LogP contribution >= 0.6 is 0 Å². The average molecular weight is 266 g/mol. The lowest BCUT2D eigenvalue weighted by molar-refractivity contribution is -0.161. The Hall–Kier alpha value is -0.860. The molecule has 0 heterocycles. The molecule has 4 atom stereocenters. The van der Waals surface area contributed by atoms with Crippen LogP contribution in [0.1, 0.15) is 59.8 Å². The number of carboxylic acid groups (broad SMARTS) is 1. The molecule has 0 saturated heterocycles. The van der Waals surface area contributed by atoms with Gasteiger partial charge >= 0.3 is 5.97 Å². The third kappa shape index (κ3) is 2.21. The third-order valence-electron chi connectivity index (χ3n) is 5.90. The van der Waals surface area contributed by atoms with Gasteiger partial charge in [-0.15, -0.1) is 0 Å². The number of ketones is 1. The molecule has 0 aromatic rings. The number of aliphatic carboxylic acids is 1. The molecule has 1 N–H and O–H groups in total. The van der Waals surface area contributed by atoms with Crippen LogP contribution < -0.4 is 0 Å². The van der Waals surface area contributed by atoms with Crippen molar-refractivity contribution in [3.8, 4) is 0 Å². The molecule has 2 aliphatic carbocycles. The second-order valence-corrected chi connectivity index (χ2v) is 7.51. The molecule has 2 rings (SSSR count). The van der Waals surface area contributed by atoms with Crippen molar-refractivity contribution in [2.24, 2.45) is 28.6 Å². The van der Waals surface area contributed by atoms with E-state index in [4.69, 9.17) is 0 Å². The van der Waals surface area contributed by atoms with Crippen molar-refractivity contribution in [3.63, 3.8) is 0 Å². The second kappa shape index (κ2) is 4.60. The van der Waals surface area contributed by atoms with Crippen molar-refractivity contribution >= 4 is 11.8 Å². The molecule has 3 nitrogen and oxygen atoms in total. The summed E-state index contributed by atoms with van der Waals surface area (Å²) in [5, 5.41) is 9.33. The van der Waals surface area contributed by atoms with Crippen molar-refractivity contribution in [3.05, 3.63) is 0 Å². The third-order valence-corrected chi connectivity index (χ3v) is 5.90. The van der Waals surface area contributed by atoms with Crippen LogP contribution in [-0.2, 0) is 9.59 Å². The Morgan fingerprint density at radius 3 is 2.53 bits per heavy atom. The quantitative estimate of drug-likeness (QED) is 0.832. The fraction of sp³-hybridized carbons (Fsp3) is 0.875. The van der Waals surface area contributed by atoms with Crippen molar-refractivity contribution < 1.29 is 14.7 Å². The lowest BCUT2D eigenvalue weighted by Gasteiger charge is -2.57. The molecule has 0 spiro atoms. The molecule has 3 heteroatoms. The maximum Gasteiger partial charge on any atom is 0.306 e. The fourth-order valence-corrected chi connectivity index (χ4v) is 5.06. The summed E-state index contributed by atoms with van der Waals surface area (Å²) >= 11 is 0. The Kier molecular flexibility index (Phi) is 3.53. The van der Waals surface area contributed by atoms with Gasteiger partial charge in [-0.25, -0.2) is 0 Å². The zero-order valence-electron chi connectivity index (χ0n) is 12.5. The van der Waals surface area contributed by atoms with E-state index in [-0.39, 0.29) is 22.5 Å². The number of carboxylic acids is 1. The smallest absolute Gasteiger partial charge is 0.306 e.